The summed E-state index contributed by atoms with van der Waals surface area (Å²) < 4.78 is 28.3. The predicted octanol–water partition coefficient (Wildman–Crippen LogP) is 1.74. The third kappa shape index (κ3) is 2.40. The third-order valence-corrected chi connectivity index (χ3v) is 3.46. The first-order valence-corrected chi connectivity index (χ1v) is 7.23. The number of aromatic nitrogens is 2. The summed E-state index contributed by atoms with van der Waals surface area (Å²) in [7, 11) is -3.22. The minimum atomic E-state index is -3.22. The van der Waals surface area contributed by atoms with Crippen LogP contribution in [0.25, 0.3) is 11.5 Å². The summed E-state index contributed by atoms with van der Waals surface area (Å²) in [6, 6.07) is 6.40. The van der Waals surface area contributed by atoms with Crippen LogP contribution in [0.4, 0.5) is 0 Å². The van der Waals surface area contributed by atoms with Gasteiger partial charge in [0.25, 0.3) is 3.90 Å². The second kappa shape index (κ2) is 4.13. The van der Waals surface area contributed by atoms with Gasteiger partial charge >= 0.3 is 0 Å². The van der Waals surface area contributed by atoms with Gasteiger partial charge in [0, 0.05) is 34.4 Å². The van der Waals surface area contributed by atoms with E-state index in [0.717, 1.165) is 6.26 Å². The van der Waals surface area contributed by atoms with Crippen molar-refractivity contribution in [3.05, 3.63) is 28.2 Å². The van der Waals surface area contributed by atoms with Crippen LogP contribution in [-0.4, -0.2) is 24.9 Å². The normalized spacial score (nSPS) is 11.6. The van der Waals surface area contributed by atoms with E-state index in [0.29, 0.717) is 15.4 Å². The van der Waals surface area contributed by atoms with Crippen LogP contribution in [-0.2, 0) is 9.84 Å². The van der Waals surface area contributed by atoms with Crippen LogP contribution in [0.2, 0.25) is 0 Å². The number of rotatable bonds is 2. The summed E-state index contributed by atoms with van der Waals surface area (Å²) in [6.07, 6.45) is 1.16. The van der Waals surface area contributed by atoms with Crippen LogP contribution in [0.3, 0.4) is 0 Å². The van der Waals surface area contributed by atoms with Crippen LogP contribution in [0.1, 0.15) is 0 Å². The van der Waals surface area contributed by atoms with Gasteiger partial charge in [-0.25, -0.2) is 8.42 Å². The van der Waals surface area contributed by atoms with Crippen molar-refractivity contribution in [3.63, 3.8) is 0 Å². The Labute approximate surface area is 106 Å². The number of sulfone groups is 1. The second-order valence-electron chi connectivity index (χ2n) is 3.16. The molecule has 0 atom stereocenters. The average molecular weight is 350 g/mol. The van der Waals surface area contributed by atoms with Gasteiger partial charge < -0.3 is 4.42 Å². The number of benzene rings is 1. The van der Waals surface area contributed by atoms with Gasteiger partial charge in [-0.2, -0.15) is 0 Å². The van der Waals surface area contributed by atoms with Crippen LogP contribution in [0.15, 0.2) is 33.6 Å². The van der Waals surface area contributed by atoms with E-state index >= 15 is 0 Å². The maximum absolute atomic E-state index is 11.4. The van der Waals surface area contributed by atoms with Gasteiger partial charge in [0.05, 0.1) is 4.90 Å². The number of hydrogen-bond donors (Lipinski definition) is 0. The molecule has 0 fully saturated rings. The Balaban J connectivity index is 2.52. The second-order valence-corrected chi connectivity index (χ2v) is 6.10. The van der Waals surface area contributed by atoms with Gasteiger partial charge in [-0.1, -0.05) is 6.07 Å². The fraction of sp³-hybridized carbons (Fsp3) is 0.111. The van der Waals surface area contributed by atoms with E-state index in [1.807, 2.05) is 22.6 Å². The lowest BCUT2D eigenvalue weighted by atomic mass is 10.2. The van der Waals surface area contributed by atoms with Crippen LogP contribution >= 0.6 is 22.6 Å². The Morgan fingerprint density at radius 3 is 2.62 bits per heavy atom. The molecule has 16 heavy (non-hydrogen) atoms. The zero-order valence-corrected chi connectivity index (χ0v) is 11.2. The molecule has 0 saturated heterocycles. The van der Waals surface area contributed by atoms with Crippen molar-refractivity contribution in [1.82, 2.24) is 10.2 Å². The Kier molecular flexibility index (Phi) is 2.98. The summed E-state index contributed by atoms with van der Waals surface area (Å²) in [5, 5.41) is 7.50. The van der Waals surface area contributed by atoms with Crippen molar-refractivity contribution in [2.45, 2.75) is 4.90 Å². The Hall–Kier alpha value is -0.960. The quantitative estimate of drug-likeness (QED) is 0.772. The van der Waals surface area contributed by atoms with Crippen molar-refractivity contribution < 1.29 is 12.8 Å². The Morgan fingerprint density at radius 1 is 1.31 bits per heavy atom. The SMILES string of the molecule is CS(=O)(=O)c1cccc(-c2nnc(I)o2)c1. The minimum Gasteiger partial charge on any atom is -0.412 e. The predicted molar refractivity (Wildman–Crippen MR) is 65.6 cm³/mol. The summed E-state index contributed by atoms with van der Waals surface area (Å²) in [5.41, 5.74) is 0.596. The van der Waals surface area contributed by atoms with E-state index in [1.165, 1.54) is 12.1 Å². The summed E-state index contributed by atoms with van der Waals surface area (Å²) in [6.45, 7) is 0. The van der Waals surface area contributed by atoms with Gasteiger partial charge in [-0.15, -0.1) is 10.2 Å². The molecule has 0 spiro atoms. The Bertz CT molecular complexity index is 621. The van der Waals surface area contributed by atoms with Gasteiger partial charge in [-0.3, -0.25) is 0 Å². The maximum Gasteiger partial charge on any atom is 0.278 e. The van der Waals surface area contributed by atoms with Crippen molar-refractivity contribution in [2.75, 3.05) is 6.26 Å². The fourth-order valence-electron chi connectivity index (χ4n) is 1.18. The smallest absolute Gasteiger partial charge is 0.278 e. The lowest BCUT2D eigenvalue weighted by Crippen LogP contribution is -1.96. The molecule has 0 radical (unpaired) electrons. The van der Waals surface area contributed by atoms with E-state index in [1.54, 1.807) is 12.1 Å². The summed E-state index contributed by atoms with van der Waals surface area (Å²) >= 11 is 1.89. The van der Waals surface area contributed by atoms with Crippen LogP contribution in [0, 0.1) is 3.90 Å². The monoisotopic (exact) mass is 350 g/mol. The molecule has 1 aromatic heterocycles. The molecule has 0 unspecified atom stereocenters. The molecule has 7 heteroatoms. The fourth-order valence-corrected chi connectivity index (χ4v) is 2.17. The highest BCUT2D eigenvalue weighted by molar-refractivity contribution is 14.1. The van der Waals surface area contributed by atoms with Gasteiger partial charge in [0.2, 0.25) is 5.89 Å². The molecule has 0 aliphatic heterocycles. The van der Waals surface area contributed by atoms with E-state index in [-0.39, 0.29) is 4.90 Å². The van der Waals surface area contributed by atoms with E-state index in [4.69, 9.17) is 4.42 Å². The number of halogens is 1. The van der Waals surface area contributed by atoms with Crippen molar-refractivity contribution >= 4 is 32.4 Å². The zero-order chi connectivity index (χ0) is 11.8. The largest absolute Gasteiger partial charge is 0.412 e. The molecule has 0 aliphatic rings. The molecular weight excluding hydrogens is 343 g/mol. The Morgan fingerprint density at radius 2 is 2.06 bits per heavy atom. The molecule has 0 bridgehead atoms. The van der Waals surface area contributed by atoms with E-state index in [9.17, 15) is 8.42 Å². The highest BCUT2D eigenvalue weighted by atomic mass is 127. The zero-order valence-electron chi connectivity index (χ0n) is 8.21. The van der Waals surface area contributed by atoms with E-state index in [2.05, 4.69) is 10.2 Å². The van der Waals surface area contributed by atoms with Gasteiger partial charge in [0.15, 0.2) is 9.84 Å². The minimum absolute atomic E-state index is 0.234. The van der Waals surface area contributed by atoms with Crippen LogP contribution in [0.5, 0.6) is 0 Å². The van der Waals surface area contributed by atoms with Gasteiger partial charge in [0.1, 0.15) is 0 Å². The van der Waals surface area contributed by atoms with Crippen LogP contribution < -0.4 is 0 Å². The molecule has 2 aromatic rings. The molecule has 84 valence electrons. The first-order valence-electron chi connectivity index (χ1n) is 4.26. The first-order chi connectivity index (χ1) is 7.47. The molecule has 1 aromatic carbocycles. The molecule has 0 amide bonds. The third-order valence-electron chi connectivity index (χ3n) is 1.91. The highest BCUT2D eigenvalue weighted by Crippen LogP contribution is 2.21. The molecule has 2 rings (SSSR count). The van der Waals surface area contributed by atoms with Gasteiger partial charge in [-0.05, 0) is 18.2 Å². The first kappa shape index (κ1) is 11.5. The molecule has 0 N–H and O–H groups in total. The van der Waals surface area contributed by atoms with Crippen molar-refractivity contribution in [3.8, 4) is 11.5 Å². The maximum atomic E-state index is 11.4. The van der Waals surface area contributed by atoms with E-state index < -0.39 is 9.84 Å². The summed E-state index contributed by atoms with van der Waals surface area (Å²) in [5.74, 6) is 0.315. The summed E-state index contributed by atoms with van der Waals surface area (Å²) in [4.78, 5) is 0.234. The number of nitrogens with zero attached hydrogens (tertiary/aromatic N) is 2. The molecule has 0 aliphatic carbocycles. The topological polar surface area (TPSA) is 73.1 Å². The molecule has 1 heterocycles. The molecular formula is C9H7IN2O3S. The standard InChI is InChI=1S/C9H7IN2O3S/c1-16(13,14)7-4-2-3-6(5-7)8-11-12-9(10)15-8/h2-5H,1H3. The lowest BCUT2D eigenvalue weighted by molar-refractivity contribution is 0.537. The highest BCUT2D eigenvalue weighted by Gasteiger charge is 2.11. The average Bonchev–Trinajstić information content (AvgIpc) is 2.64. The number of hydrogen-bond acceptors (Lipinski definition) is 5. The molecule has 0 saturated carbocycles. The lowest BCUT2D eigenvalue weighted by Gasteiger charge is -1.99. The van der Waals surface area contributed by atoms with Crippen molar-refractivity contribution in [2.24, 2.45) is 0 Å². The van der Waals surface area contributed by atoms with Crippen molar-refractivity contribution in [1.29, 1.82) is 0 Å². The molecule has 5 nitrogen and oxygen atoms in total.